The summed E-state index contributed by atoms with van der Waals surface area (Å²) in [6, 6.07) is 5.92. The van der Waals surface area contributed by atoms with Crippen LogP contribution in [0.15, 0.2) is 18.2 Å². The lowest BCUT2D eigenvalue weighted by Gasteiger charge is -2.21. The van der Waals surface area contributed by atoms with Gasteiger partial charge in [-0.25, -0.2) is 0 Å². The molecule has 1 aromatic rings. The fourth-order valence-corrected chi connectivity index (χ4v) is 2.11. The zero-order valence-electron chi connectivity index (χ0n) is 13.0. The highest BCUT2D eigenvalue weighted by molar-refractivity contribution is 5.97. The Morgan fingerprint density at radius 3 is 2.60 bits per heavy atom. The zero-order valence-corrected chi connectivity index (χ0v) is 13.0. The molecule has 0 saturated heterocycles. The standard InChI is InChI=1S/C17H25NO2/c1-5-20-15-9-8-13(17(2,3)4)10-14(15)16(19)18-11-12-6-7-12/h8-10,12H,5-7,11H2,1-4H3,(H,18,19). The maximum Gasteiger partial charge on any atom is 0.255 e. The van der Waals surface area contributed by atoms with Crippen molar-refractivity contribution in [1.82, 2.24) is 5.32 Å². The molecule has 0 aromatic heterocycles. The van der Waals surface area contributed by atoms with Crippen LogP contribution in [0.25, 0.3) is 0 Å². The fourth-order valence-electron chi connectivity index (χ4n) is 2.11. The van der Waals surface area contributed by atoms with Gasteiger partial charge in [-0.05, 0) is 48.8 Å². The van der Waals surface area contributed by atoms with Gasteiger partial charge in [-0.2, -0.15) is 0 Å². The summed E-state index contributed by atoms with van der Waals surface area (Å²) in [6.45, 7) is 9.73. The van der Waals surface area contributed by atoms with E-state index in [-0.39, 0.29) is 11.3 Å². The van der Waals surface area contributed by atoms with Gasteiger partial charge in [0.2, 0.25) is 0 Å². The van der Waals surface area contributed by atoms with Crippen LogP contribution in [0.5, 0.6) is 5.75 Å². The van der Waals surface area contributed by atoms with Gasteiger partial charge < -0.3 is 10.1 Å². The number of carbonyl (C=O) groups excluding carboxylic acids is 1. The van der Waals surface area contributed by atoms with Crippen molar-refractivity contribution in [2.24, 2.45) is 5.92 Å². The Morgan fingerprint density at radius 2 is 2.05 bits per heavy atom. The van der Waals surface area contributed by atoms with Gasteiger partial charge in [0.15, 0.2) is 0 Å². The smallest absolute Gasteiger partial charge is 0.255 e. The molecule has 110 valence electrons. The van der Waals surface area contributed by atoms with Gasteiger partial charge in [-0.1, -0.05) is 26.8 Å². The van der Waals surface area contributed by atoms with Gasteiger partial charge in [0, 0.05) is 6.54 Å². The number of hydrogen-bond donors (Lipinski definition) is 1. The lowest BCUT2D eigenvalue weighted by molar-refractivity contribution is 0.0948. The van der Waals surface area contributed by atoms with Gasteiger partial charge in [-0.3, -0.25) is 4.79 Å². The molecule has 1 amide bonds. The molecule has 1 fully saturated rings. The summed E-state index contributed by atoms with van der Waals surface area (Å²) < 4.78 is 5.59. The molecule has 0 heterocycles. The van der Waals surface area contributed by atoms with Crippen LogP contribution in [0.1, 0.15) is 56.5 Å². The SMILES string of the molecule is CCOc1ccc(C(C)(C)C)cc1C(=O)NCC1CC1. The number of benzene rings is 1. The second kappa shape index (κ2) is 5.86. The first-order valence-electron chi connectivity index (χ1n) is 7.47. The van der Waals surface area contributed by atoms with Crippen LogP contribution in [0.4, 0.5) is 0 Å². The van der Waals surface area contributed by atoms with Crippen molar-refractivity contribution < 1.29 is 9.53 Å². The third-order valence-corrected chi connectivity index (χ3v) is 3.64. The monoisotopic (exact) mass is 275 g/mol. The van der Waals surface area contributed by atoms with E-state index < -0.39 is 0 Å². The van der Waals surface area contributed by atoms with Crippen molar-refractivity contribution in [2.45, 2.75) is 46.0 Å². The van der Waals surface area contributed by atoms with E-state index in [0.29, 0.717) is 23.8 Å². The third-order valence-electron chi connectivity index (χ3n) is 3.64. The number of hydrogen-bond acceptors (Lipinski definition) is 2. The van der Waals surface area contributed by atoms with Crippen molar-refractivity contribution in [3.8, 4) is 5.75 Å². The highest BCUT2D eigenvalue weighted by Crippen LogP contribution is 2.30. The van der Waals surface area contributed by atoms with E-state index in [0.717, 1.165) is 12.1 Å². The number of carbonyl (C=O) groups is 1. The van der Waals surface area contributed by atoms with E-state index in [1.807, 2.05) is 25.1 Å². The normalized spacial score (nSPS) is 15.0. The molecule has 1 saturated carbocycles. The summed E-state index contributed by atoms with van der Waals surface area (Å²) in [6.07, 6.45) is 2.47. The quantitative estimate of drug-likeness (QED) is 0.893. The Balaban J connectivity index is 2.22. The molecule has 0 bridgehead atoms. The Morgan fingerprint density at radius 1 is 1.35 bits per heavy atom. The molecular formula is C17H25NO2. The van der Waals surface area contributed by atoms with E-state index >= 15 is 0 Å². The minimum Gasteiger partial charge on any atom is -0.493 e. The molecule has 1 aromatic carbocycles. The predicted molar refractivity (Wildman–Crippen MR) is 81.4 cm³/mol. The van der Waals surface area contributed by atoms with Gasteiger partial charge in [0.25, 0.3) is 5.91 Å². The topological polar surface area (TPSA) is 38.3 Å². The molecule has 0 aliphatic heterocycles. The van der Waals surface area contributed by atoms with Crippen molar-refractivity contribution in [1.29, 1.82) is 0 Å². The van der Waals surface area contributed by atoms with Gasteiger partial charge >= 0.3 is 0 Å². The second-order valence-electron chi connectivity index (χ2n) is 6.55. The average molecular weight is 275 g/mol. The minimum atomic E-state index is -0.0218. The first-order chi connectivity index (χ1) is 9.41. The second-order valence-corrected chi connectivity index (χ2v) is 6.55. The van der Waals surface area contributed by atoms with Crippen molar-refractivity contribution >= 4 is 5.91 Å². The number of rotatable bonds is 5. The fraction of sp³-hybridized carbons (Fsp3) is 0.588. The third kappa shape index (κ3) is 3.75. The number of nitrogens with one attached hydrogen (secondary N) is 1. The average Bonchev–Trinajstić information content (AvgIpc) is 3.19. The maximum absolute atomic E-state index is 12.4. The molecule has 1 N–H and O–H groups in total. The molecule has 0 spiro atoms. The first-order valence-corrected chi connectivity index (χ1v) is 7.47. The van der Waals surface area contributed by atoms with E-state index in [2.05, 4.69) is 26.1 Å². The van der Waals surface area contributed by atoms with Gasteiger partial charge in [-0.15, -0.1) is 0 Å². The maximum atomic E-state index is 12.4. The molecular weight excluding hydrogens is 250 g/mol. The summed E-state index contributed by atoms with van der Waals surface area (Å²) in [4.78, 5) is 12.4. The Bertz CT molecular complexity index is 484. The van der Waals surface area contributed by atoms with Crippen LogP contribution in [0, 0.1) is 5.92 Å². The predicted octanol–water partition coefficient (Wildman–Crippen LogP) is 3.52. The lowest BCUT2D eigenvalue weighted by Crippen LogP contribution is -2.26. The van der Waals surface area contributed by atoms with Crippen molar-refractivity contribution in [3.63, 3.8) is 0 Å². The number of ether oxygens (including phenoxy) is 1. The molecule has 20 heavy (non-hydrogen) atoms. The van der Waals surface area contributed by atoms with Crippen molar-refractivity contribution in [2.75, 3.05) is 13.2 Å². The molecule has 0 atom stereocenters. The molecule has 1 aliphatic rings. The van der Waals surface area contributed by atoms with E-state index in [9.17, 15) is 4.79 Å². The molecule has 3 nitrogen and oxygen atoms in total. The van der Waals surface area contributed by atoms with E-state index in [1.165, 1.54) is 12.8 Å². The summed E-state index contributed by atoms with van der Waals surface area (Å²) in [5, 5.41) is 3.02. The zero-order chi connectivity index (χ0) is 14.8. The van der Waals surface area contributed by atoms with Crippen molar-refractivity contribution in [3.05, 3.63) is 29.3 Å². The Hall–Kier alpha value is -1.51. The molecule has 3 heteroatoms. The Labute approximate surface area is 121 Å². The molecule has 0 radical (unpaired) electrons. The van der Waals surface area contributed by atoms with Crippen LogP contribution in [0.2, 0.25) is 0 Å². The van der Waals surface area contributed by atoms with Crippen LogP contribution >= 0.6 is 0 Å². The molecule has 2 rings (SSSR count). The van der Waals surface area contributed by atoms with Crippen LogP contribution in [-0.4, -0.2) is 19.1 Å². The summed E-state index contributed by atoms with van der Waals surface area (Å²) in [5.74, 6) is 1.33. The molecule has 1 aliphatic carbocycles. The molecule has 0 unspecified atom stereocenters. The van der Waals surface area contributed by atoms with Gasteiger partial charge in [0.1, 0.15) is 5.75 Å². The summed E-state index contributed by atoms with van der Waals surface area (Å²) >= 11 is 0. The summed E-state index contributed by atoms with van der Waals surface area (Å²) in [5.41, 5.74) is 1.83. The Kier molecular flexibility index (Phi) is 4.36. The highest BCUT2D eigenvalue weighted by Gasteiger charge is 2.24. The van der Waals surface area contributed by atoms with Crippen LogP contribution < -0.4 is 10.1 Å². The lowest BCUT2D eigenvalue weighted by atomic mass is 9.86. The highest BCUT2D eigenvalue weighted by atomic mass is 16.5. The summed E-state index contributed by atoms with van der Waals surface area (Å²) in [7, 11) is 0. The number of amides is 1. The largest absolute Gasteiger partial charge is 0.493 e. The van der Waals surface area contributed by atoms with E-state index in [1.54, 1.807) is 0 Å². The van der Waals surface area contributed by atoms with Gasteiger partial charge in [0.05, 0.1) is 12.2 Å². The minimum absolute atomic E-state index is 0.0218. The first kappa shape index (κ1) is 14.9. The van der Waals surface area contributed by atoms with Crippen LogP contribution in [-0.2, 0) is 5.41 Å². The van der Waals surface area contributed by atoms with Crippen LogP contribution in [0.3, 0.4) is 0 Å². The van der Waals surface area contributed by atoms with E-state index in [4.69, 9.17) is 4.74 Å².